The van der Waals surface area contributed by atoms with E-state index in [0.29, 0.717) is 12.1 Å². The first kappa shape index (κ1) is 19.1. The summed E-state index contributed by atoms with van der Waals surface area (Å²) in [7, 11) is 0. The van der Waals surface area contributed by atoms with Crippen LogP contribution >= 0.6 is 11.8 Å². The van der Waals surface area contributed by atoms with Gasteiger partial charge in [-0.1, -0.05) is 48.0 Å². The molecule has 2 aromatic carbocycles. The molecule has 2 rings (SSSR count). The van der Waals surface area contributed by atoms with Crippen LogP contribution in [0.25, 0.3) is 0 Å². The number of carbonyl (C=O) groups is 2. The van der Waals surface area contributed by atoms with E-state index >= 15 is 0 Å². The lowest BCUT2D eigenvalue weighted by Crippen LogP contribution is -2.45. The summed E-state index contributed by atoms with van der Waals surface area (Å²) < 4.78 is 0. The monoisotopic (exact) mass is 356 g/mol. The lowest BCUT2D eigenvalue weighted by atomic mass is 10.2. The maximum atomic E-state index is 12.0. The molecule has 0 saturated carbocycles. The second-order valence-corrected chi connectivity index (χ2v) is 7.00. The van der Waals surface area contributed by atoms with Gasteiger partial charge in [0, 0.05) is 23.6 Å². The first-order valence-corrected chi connectivity index (χ1v) is 9.48. The van der Waals surface area contributed by atoms with Crippen molar-refractivity contribution in [3.63, 3.8) is 0 Å². The number of rotatable bonds is 8. The van der Waals surface area contributed by atoms with Gasteiger partial charge in [0.2, 0.25) is 5.91 Å². The van der Waals surface area contributed by atoms with E-state index in [9.17, 15) is 9.59 Å². The second-order valence-electron chi connectivity index (χ2n) is 5.89. The van der Waals surface area contributed by atoms with Crippen molar-refractivity contribution in [2.45, 2.75) is 25.6 Å². The predicted octanol–water partition coefficient (Wildman–Crippen LogP) is 3.16. The highest BCUT2D eigenvalue weighted by Crippen LogP contribution is 2.12. The van der Waals surface area contributed by atoms with E-state index in [1.54, 1.807) is 43.0 Å². The Balaban J connectivity index is 1.64. The number of amides is 2. The molecule has 5 heteroatoms. The van der Waals surface area contributed by atoms with Crippen LogP contribution in [0.1, 0.15) is 28.4 Å². The minimum Gasteiger partial charge on any atom is -0.353 e. The molecule has 2 amide bonds. The summed E-state index contributed by atoms with van der Waals surface area (Å²) in [6.07, 6.45) is 0. The van der Waals surface area contributed by atoms with Crippen LogP contribution in [0.15, 0.2) is 54.6 Å². The molecule has 0 aliphatic rings. The fourth-order valence-corrected chi connectivity index (χ4v) is 3.03. The van der Waals surface area contributed by atoms with Crippen LogP contribution < -0.4 is 10.6 Å². The molecule has 0 spiro atoms. The molecule has 0 saturated heterocycles. The molecule has 1 unspecified atom stereocenters. The third-order valence-electron chi connectivity index (χ3n) is 3.71. The van der Waals surface area contributed by atoms with Gasteiger partial charge in [0.25, 0.3) is 5.91 Å². The van der Waals surface area contributed by atoms with Crippen LogP contribution in [0.2, 0.25) is 0 Å². The zero-order chi connectivity index (χ0) is 18.1. The molecule has 2 N–H and O–H groups in total. The molecule has 0 fully saturated rings. The average molecular weight is 356 g/mol. The molecule has 0 aromatic heterocycles. The number of hydrogen-bond donors (Lipinski definition) is 2. The number of aryl methyl sites for hydroxylation is 1. The summed E-state index contributed by atoms with van der Waals surface area (Å²) in [5.41, 5.74) is 3.09. The van der Waals surface area contributed by atoms with Gasteiger partial charge in [0.05, 0.1) is 0 Å². The second kappa shape index (κ2) is 9.89. The smallest absolute Gasteiger partial charge is 0.251 e. The molecule has 0 bridgehead atoms. The van der Waals surface area contributed by atoms with E-state index in [1.165, 1.54) is 11.1 Å². The summed E-state index contributed by atoms with van der Waals surface area (Å²) in [6, 6.07) is 16.8. The molecule has 25 heavy (non-hydrogen) atoms. The third-order valence-corrected chi connectivity index (χ3v) is 4.74. The van der Waals surface area contributed by atoms with Gasteiger partial charge in [0.15, 0.2) is 0 Å². The van der Waals surface area contributed by atoms with Crippen LogP contribution in [0.5, 0.6) is 0 Å². The normalized spacial score (nSPS) is 11.6. The zero-order valence-corrected chi connectivity index (χ0v) is 15.4. The average Bonchev–Trinajstić information content (AvgIpc) is 2.63. The molecule has 2 aromatic rings. The lowest BCUT2D eigenvalue weighted by molar-refractivity contribution is -0.122. The van der Waals surface area contributed by atoms with Gasteiger partial charge in [-0.2, -0.15) is 11.8 Å². The van der Waals surface area contributed by atoms with Crippen molar-refractivity contribution in [2.75, 3.05) is 12.3 Å². The largest absolute Gasteiger partial charge is 0.353 e. The molecule has 0 heterocycles. The third kappa shape index (κ3) is 6.63. The minimum absolute atomic E-state index is 0.166. The summed E-state index contributed by atoms with van der Waals surface area (Å²) in [6.45, 7) is 4.35. The van der Waals surface area contributed by atoms with E-state index < -0.39 is 6.04 Å². The molecule has 0 aliphatic carbocycles. The van der Waals surface area contributed by atoms with Crippen molar-refractivity contribution in [1.82, 2.24) is 10.6 Å². The Morgan fingerprint density at radius 3 is 2.40 bits per heavy atom. The minimum atomic E-state index is -0.560. The fourth-order valence-electron chi connectivity index (χ4n) is 2.21. The lowest BCUT2D eigenvalue weighted by Gasteiger charge is -2.14. The zero-order valence-electron chi connectivity index (χ0n) is 14.6. The number of benzene rings is 2. The van der Waals surface area contributed by atoms with E-state index in [1.807, 2.05) is 6.07 Å². The number of thioether (sulfide) groups is 1. The first-order valence-electron chi connectivity index (χ1n) is 8.33. The van der Waals surface area contributed by atoms with Gasteiger partial charge in [-0.3, -0.25) is 9.59 Å². The van der Waals surface area contributed by atoms with Gasteiger partial charge in [-0.05, 0) is 31.5 Å². The quantitative estimate of drug-likeness (QED) is 0.714. The van der Waals surface area contributed by atoms with Crippen LogP contribution in [0.3, 0.4) is 0 Å². The van der Waals surface area contributed by atoms with E-state index in [-0.39, 0.29) is 11.8 Å². The Kier molecular flexibility index (Phi) is 7.54. The van der Waals surface area contributed by atoms with Crippen LogP contribution in [-0.2, 0) is 10.5 Å². The summed E-state index contributed by atoms with van der Waals surface area (Å²) in [5.74, 6) is 1.35. The van der Waals surface area contributed by atoms with Crippen molar-refractivity contribution < 1.29 is 9.59 Å². The Morgan fingerprint density at radius 2 is 1.72 bits per heavy atom. The van der Waals surface area contributed by atoms with E-state index in [0.717, 1.165) is 11.5 Å². The number of nitrogens with one attached hydrogen (secondary N) is 2. The molecule has 0 radical (unpaired) electrons. The highest BCUT2D eigenvalue weighted by Gasteiger charge is 2.15. The highest BCUT2D eigenvalue weighted by molar-refractivity contribution is 7.98. The van der Waals surface area contributed by atoms with Crippen molar-refractivity contribution in [3.05, 3.63) is 71.3 Å². The Morgan fingerprint density at radius 1 is 1.04 bits per heavy atom. The number of carbonyl (C=O) groups excluding carboxylic acids is 2. The van der Waals surface area contributed by atoms with Gasteiger partial charge in [0.1, 0.15) is 6.04 Å². The first-order chi connectivity index (χ1) is 12.1. The summed E-state index contributed by atoms with van der Waals surface area (Å²) in [4.78, 5) is 24.1. The standard InChI is InChI=1S/C20H24N2O2S/c1-15-8-10-17(11-9-15)14-25-13-12-21-19(23)16(2)22-20(24)18-6-4-3-5-7-18/h3-11,16H,12-14H2,1-2H3,(H,21,23)(H,22,24). The molecular weight excluding hydrogens is 332 g/mol. The van der Waals surface area contributed by atoms with E-state index in [2.05, 4.69) is 41.8 Å². The molecule has 0 aliphatic heterocycles. The SMILES string of the molecule is Cc1ccc(CSCCNC(=O)C(C)NC(=O)c2ccccc2)cc1. The summed E-state index contributed by atoms with van der Waals surface area (Å²) in [5, 5.41) is 5.57. The Bertz CT molecular complexity index is 687. The molecule has 132 valence electrons. The molecule has 1 atom stereocenters. The predicted molar refractivity (Wildman–Crippen MR) is 104 cm³/mol. The van der Waals surface area contributed by atoms with Crippen LogP contribution in [0.4, 0.5) is 0 Å². The maximum Gasteiger partial charge on any atom is 0.251 e. The van der Waals surface area contributed by atoms with Gasteiger partial charge in [-0.25, -0.2) is 0 Å². The number of hydrogen-bond acceptors (Lipinski definition) is 3. The van der Waals surface area contributed by atoms with Gasteiger partial charge < -0.3 is 10.6 Å². The van der Waals surface area contributed by atoms with Crippen molar-refractivity contribution in [1.29, 1.82) is 0 Å². The Hall–Kier alpha value is -2.27. The van der Waals surface area contributed by atoms with Crippen LogP contribution in [0, 0.1) is 6.92 Å². The van der Waals surface area contributed by atoms with Crippen molar-refractivity contribution >= 4 is 23.6 Å². The molecule has 4 nitrogen and oxygen atoms in total. The fraction of sp³-hybridized carbons (Fsp3) is 0.300. The van der Waals surface area contributed by atoms with Crippen molar-refractivity contribution in [3.8, 4) is 0 Å². The molecular formula is C20H24N2O2S. The van der Waals surface area contributed by atoms with Gasteiger partial charge >= 0.3 is 0 Å². The topological polar surface area (TPSA) is 58.2 Å². The highest BCUT2D eigenvalue weighted by atomic mass is 32.2. The van der Waals surface area contributed by atoms with E-state index in [4.69, 9.17) is 0 Å². The maximum absolute atomic E-state index is 12.0. The van der Waals surface area contributed by atoms with Gasteiger partial charge in [-0.15, -0.1) is 0 Å². The van der Waals surface area contributed by atoms with Crippen LogP contribution in [-0.4, -0.2) is 30.2 Å². The Labute approximate surface area is 153 Å². The summed E-state index contributed by atoms with van der Waals surface area (Å²) >= 11 is 1.77. The van der Waals surface area contributed by atoms with Crippen molar-refractivity contribution in [2.24, 2.45) is 0 Å².